The van der Waals surface area contributed by atoms with E-state index in [0.717, 1.165) is 11.1 Å². The lowest BCUT2D eigenvalue weighted by atomic mass is 9.87. The minimum atomic E-state index is -3.70. The van der Waals surface area contributed by atoms with Gasteiger partial charge in [-0.2, -0.15) is 5.10 Å². The highest BCUT2D eigenvalue weighted by Gasteiger charge is 2.18. The van der Waals surface area contributed by atoms with Crippen LogP contribution in [0.3, 0.4) is 0 Å². The lowest BCUT2D eigenvalue weighted by Gasteiger charge is -2.19. The highest BCUT2D eigenvalue weighted by molar-refractivity contribution is 7.92. The van der Waals surface area contributed by atoms with Gasteiger partial charge in [0.15, 0.2) is 5.82 Å². The first-order valence-electron chi connectivity index (χ1n) is 8.55. The second-order valence-corrected chi connectivity index (χ2v) is 9.46. The van der Waals surface area contributed by atoms with Gasteiger partial charge in [-0.3, -0.25) is 9.40 Å². The number of anilines is 1. The molecular formula is C20H22ClN3O2S. The van der Waals surface area contributed by atoms with Gasteiger partial charge in [-0.05, 0) is 34.7 Å². The number of nitrogens with zero attached hydrogens (tertiary/aromatic N) is 2. The van der Waals surface area contributed by atoms with Crippen LogP contribution in [0.1, 0.15) is 31.9 Å². The minimum absolute atomic E-state index is 0.0345. The van der Waals surface area contributed by atoms with Crippen LogP contribution in [0.15, 0.2) is 65.7 Å². The molecule has 1 heterocycles. The Bertz CT molecular complexity index is 1040. The van der Waals surface area contributed by atoms with E-state index in [9.17, 15) is 8.42 Å². The molecule has 0 radical (unpaired) electrons. The van der Waals surface area contributed by atoms with Gasteiger partial charge in [0.05, 0.1) is 11.4 Å². The van der Waals surface area contributed by atoms with Crippen molar-refractivity contribution in [3.8, 4) is 0 Å². The van der Waals surface area contributed by atoms with Crippen LogP contribution < -0.4 is 4.72 Å². The largest absolute Gasteiger partial charge is 0.266 e. The third-order valence-electron chi connectivity index (χ3n) is 4.20. The maximum absolute atomic E-state index is 12.6. The van der Waals surface area contributed by atoms with Crippen LogP contribution >= 0.6 is 11.6 Å². The molecule has 0 atom stereocenters. The number of aromatic nitrogens is 2. The first-order valence-corrected chi connectivity index (χ1v) is 10.4. The summed E-state index contributed by atoms with van der Waals surface area (Å²) in [5.41, 5.74) is 1.95. The fourth-order valence-corrected chi connectivity index (χ4v) is 3.83. The summed E-state index contributed by atoms with van der Waals surface area (Å²) < 4.78 is 29.4. The molecule has 0 saturated heterocycles. The van der Waals surface area contributed by atoms with Gasteiger partial charge in [-0.25, -0.2) is 8.42 Å². The first kappa shape index (κ1) is 19.5. The molecule has 3 aromatic rings. The standard InChI is InChI=1S/C20H22ClN3O2S/c1-20(2,3)16-8-10-17(11-9-16)27(25,26)23-19-12-13-24(22-19)14-15-6-4-5-7-18(15)21/h4-13H,14H2,1-3H3,(H,22,23). The third kappa shape index (κ3) is 4.70. The predicted octanol–water partition coefficient (Wildman–Crippen LogP) is 4.68. The van der Waals surface area contributed by atoms with E-state index < -0.39 is 10.0 Å². The van der Waals surface area contributed by atoms with Gasteiger partial charge >= 0.3 is 0 Å². The van der Waals surface area contributed by atoms with E-state index in [-0.39, 0.29) is 16.1 Å². The summed E-state index contributed by atoms with van der Waals surface area (Å²) >= 11 is 6.16. The molecule has 27 heavy (non-hydrogen) atoms. The van der Waals surface area contributed by atoms with Gasteiger partial charge in [0.1, 0.15) is 0 Å². The van der Waals surface area contributed by atoms with Gasteiger partial charge in [0.25, 0.3) is 10.0 Å². The number of hydrogen-bond donors (Lipinski definition) is 1. The molecule has 0 amide bonds. The van der Waals surface area contributed by atoms with Crippen LogP contribution in [0.4, 0.5) is 5.82 Å². The van der Waals surface area contributed by atoms with E-state index >= 15 is 0 Å². The quantitative estimate of drug-likeness (QED) is 0.672. The molecule has 0 saturated carbocycles. The van der Waals surface area contributed by atoms with Gasteiger partial charge in [0.2, 0.25) is 0 Å². The Balaban J connectivity index is 1.75. The summed E-state index contributed by atoms with van der Waals surface area (Å²) in [6, 6.07) is 16.0. The van der Waals surface area contributed by atoms with Crippen molar-refractivity contribution in [3.05, 3.63) is 76.9 Å². The Morgan fingerprint density at radius 3 is 2.33 bits per heavy atom. The Morgan fingerprint density at radius 2 is 1.70 bits per heavy atom. The summed E-state index contributed by atoms with van der Waals surface area (Å²) in [6.07, 6.45) is 1.71. The van der Waals surface area contributed by atoms with Gasteiger partial charge in [-0.15, -0.1) is 0 Å². The van der Waals surface area contributed by atoms with Crippen molar-refractivity contribution in [2.24, 2.45) is 0 Å². The lowest BCUT2D eigenvalue weighted by molar-refractivity contribution is 0.587. The zero-order valence-corrected chi connectivity index (χ0v) is 17.1. The lowest BCUT2D eigenvalue weighted by Crippen LogP contribution is -2.15. The second kappa shape index (κ2) is 7.37. The molecule has 0 unspecified atom stereocenters. The smallest absolute Gasteiger partial charge is 0.263 e. The Hall–Kier alpha value is -2.31. The third-order valence-corrected chi connectivity index (χ3v) is 5.94. The number of sulfonamides is 1. The normalized spacial score (nSPS) is 12.1. The molecule has 0 aliphatic carbocycles. The summed E-state index contributed by atoms with van der Waals surface area (Å²) in [4.78, 5) is 0.205. The zero-order valence-electron chi connectivity index (χ0n) is 15.5. The molecule has 2 aromatic carbocycles. The summed E-state index contributed by atoms with van der Waals surface area (Å²) in [5, 5.41) is 4.93. The number of rotatable bonds is 5. The number of benzene rings is 2. The molecule has 5 nitrogen and oxygen atoms in total. The van der Waals surface area contributed by atoms with E-state index in [1.54, 1.807) is 29.1 Å². The molecule has 0 spiro atoms. The van der Waals surface area contributed by atoms with Crippen LogP contribution in [0, 0.1) is 0 Å². The molecule has 3 rings (SSSR count). The van der Waals surface area contributed by atoms with Crippen LogP contribution in [0.25, 0.3) is 0 Å². The summed E-state index contributed by atoms with van der Waals surface area (Å²) in [6.45, 7) is 6.71. The van der Waals surface area contributed by atoms with Gasteiger partial charge in [-0.1, -0.05) is 62.7 Å². The number of nitrogens with one attached hydrogen (secondary N) is 1. The van der Waals surface area contributed by atoms with Crippen molar-refractivity contribution in [2.45, 2.75) is 37.6 Å². The molecule has 0 fully saturated rings. The van der Waals surface area contributed by atoms with Crippen molar-refractivity contribution < 1.29 is 8.42 Å². The van der Waals surface area contributed by atoms with E-state index in [4.69, 9.17) is 11.6 Å². The Morgan fingerprint density at radius 1 is 1.04 bits per heavy atom. The van der Waals surface area contributed by atoms with E-state index in [1.165, 1.54) is 0 Å². The van der Waals surface area contributed by atoms with Crippen LogP contribution in [0.2, 0.25) is 5.02 Å². The average Bonchev–Trinajstić information content (AvgIpc) is 3.02. The summed E-state index contributed by atoms with van der Waals surface area (Å²) in [5.74, 6) is 0.266. The average molecular weight is 404 g/mol. The van der Waals surface area contributed by atoms with Crippen LogP contribution in [-0.2, 0) is 22.0 Å². The first-order chi connectivity index (χ1) is 12.6. The zero-order chi connectivity index (χ0) is 19.7. The van der Waals surface area contributed by atoms with Gasteiger partial charge < -0.3 is 0 Å². The SMILES string of the molecule is CC(C)(C)c1ccc(S(=O)(=O)Nc2ccn(Cc3ccccc3Cl)n2)cc1. The molecule has 142 valence electrons. The fourth-order valence-electron chi connectivity index (χ4n) is 2.64. The predicted molar refractivity (Wildman–Crippen MR) is 109 cm³/mol. The minimum Gasteiger partial charge on any atom is -0.266 e. The van der Waals surface area contributed by atoms with Crippen molar-refractivity contribution in [1.29, 1.82) is 0 Å². The van der Waals surface area contributed by atoms with E-state index in [1.807, 2.05) is 36.4 Å². The van der Waals surface area contributed by atoms with Crippen molar-refractivity contribution in [2.75, 3.05) is 4.72 Å². The highest BCUT2D eigenvalue weighted by Crippen LogP contribution is 2.24. The topological polar surface area (TPSA) is 64.0 Å². The second-order valence-electron chi connectivity index (χ2n) is 7.37. The molecular weight excluding hydrogens is 382 g/mol. The van der Waals surface area contributed by atoms with Crippen LogP contribution in [0.5, 0.6) is 0 Å². The van der Waals surface area contributed by atoms with Crippen molar-refractivity contribution >= 4 is 27.4 Å². The molecule has 1 aromatic heterocycles. The Kier molecular flexibility index (Phi) is 5.31. The van der Waals surface area contributed by atoms with Gasteiger partial charge in [0, 0.05) is 17.3 Å². The van der Waals surface area contributed by atoms with E-state index in [2.05, 4.69) is 30.6 Å². The van der Waals surface area contributed by atoms with E-state index in [0.29, 0.717) is 11.6 Å². The fraction of sp³-hybridized carbons (Fsp3) is 0.250. The number of halogens is 1. The monoisotopic (exact) mass is 403 g/mol. The number of hydrogen-bond acceptors (Lipinski definition) is 3. The van der Waals surface area contributed by atoms with Crippen molar-refractivity contribution in [3.63, 3.8) is 0 Å². The molecule has 0 bridgehead atoms. The maximum Gasteiger partial charge on any atom is 0.263 e. The molecule has 0 aliphatic rings. The van der Waals surface area contributed by atoms with Crippen molar-refractivity contribution in [1.82, 2.24) is 9.78 Å². The highest BCUT2D eigenvalue weighted by atomic mass is 35.5. The summed E-state index contributed by atoms with van der Waals surface area (Å²) in [7, 11) is -3.70. The van der Waals surface area contributed by atoms with Crippen LogP contribution in [-0.4, -0.2) is 18.2 Å². The Labute approximate surface area is 165 Å². The molecule has 1 N–H and O–H groups in total. The maximum atomic E-state index is 12.6. The molecule has 7 heteroatoms. The molecule has 0 aliphatic heterocycles.